The zero-order valence-corrected chi connectivity index (χ0v) is 13.2. The Hall–Kier alpha value is -2.65. The van der Waals surface area contributed by atoms with E-state index < -0.39 is 24.0 Å². The lowest BCUT2D eigenvalue weighted by Crippen LogP contribution is -2.36. The fraction of sp³-hybridized carbons (Fsp3) is 0.400. The number of carbonyl (C=O) groups excluding carboxylic acids is 1. The molecule has 1 aromatic rings. The van der Waals surface area contributed by atoms with Crippen LogP contribution in [0, 0.1) is 5.41 Å². The van der Waals surface area contributed by atoms with Gasteiger partial charge in [-0.15, -0.1) is 0 Å². The van der Waals surface area contributed by atoms with Crippen molar-refractivity contribution in [3.8, 4) is 5.75 Å². The molecule has 0 radical (unpaired) electrons. The lowest BCUT2D eigenvalue weighted by Gasteiger charge is -2.12. The van der Waals surface area contributed by atoms with Crippen molar-refractivity contribution >= 4 is 17.9 Å². The Kier molecular flexibility index (Phi) is 7.66. The summed E-state index contributed by atoms with van der Waals surface area (Å²) in [7, 11) is 0. The standard InChI is InChI=1S/C15H23N5O4/c16-11(2-1-7-20-15(18)19)14(23)24-10-5-3-9(4-6-10)8-12(17)13(21)22/h3-6,11-12H,1-2,7-8,16-17H2,(H,21,22)(H4,18,19,20)/t11-,12-/m0/s1. The lowest BCUT2D eigenvalue weighted by atomic mass is 10.1. The van der Waals surface area contributed by atoms with Gasteiger partial charge in [-0.3, -0.25) is 10.2 Å². The highest BCUT2D eigenvalue weighted by atomic mass is 16.5. The van der Waals surface area contributed by atoms with Crippen LogP contribution in [0.15, 0.2) is 24.3 Å². The molecule has 0 aromatic heterocycles. The third kappa shape index (κ3) is 7.07. The van der Waals surface area contributed by atoms with Crippen molar-refractivity contribution in [1.82, 2.24) is 5.32 Å². The Morgan fingerprint density at radius 1 is 1.21 bits per heavy atom. The molecule has 0 aliphatic carbocycles. The van der Waals surface area contributed by atoms with Crippen LogP contribution in [0.25, 0.3) is 0 Å². The lowest BCUT2D eigenvalue weighted by molar-refractivity contribution is -0.138. The number of guanidine groups is 1. The second-order valence-electron chi connectivity index (χ2n) is 5.30. The van der Waals surface area contributed by atoms with Gasteiger partial charge in [-0.25, -0.2) is 4.79 Å². The van der Waals surface area contributed by atoms with Gasteiger partial charge in [0.25, 0.3) is 0 Å². The zero-order valence-electron chi connectivity index (χ0n) is 13.2. The molecule has 0 amide bonds. The maximum absolute atomic E-state index is 11.9. The Morgan fingerprint density at radius 2 is 1.83 bits per heavy atom. The molecule has 9 N–H and O–H groups in total. The summed E-state index contributed by atoms with van der Waals surface area (Å²) in [6.45, 7) is 0.453. The summed E-state index contributed by atoms with van der Waals surface area (Å²) in [5, 5.41) is 18.4. The van der Waals surface area contributed by atoms with E-state index in [9.17, 15) is 9.59 Å². The number of carboxylic acids is 1. The van der Waals surface area contributed by atoms with E-state index in [2.05, 4.69) is 5.32 Å². The maximum atomic E-state index is 11.9. The normalized spacial score (nSPS) is 12.9. The van der Waals surface area contributed by atoms with E-state index >= 15 is 0 Å². The first-order valence-electron chi connectivity index (χ1n) is 7.42. The molecule has 2 atom stereocenters. The summed E-state index contributed by atoms with van der Waals surface area (Å²) >= 11 is 0. The Labute approximate surface area is 139 Å². The number of aliphatic carboxylic acids is 1. The van der Waals surface area contributed by atoms with Gasteiger partial charge in [-0.2, -0.15) is 0 Å². The minimum absolute atomic E-state index is 0.131. The predicted molar refractivity (Wildman–Crippen MR) is 88.5 cm³/mol. The predicted octanol–water partition coefficient (Wildman–Crippen LogP) is -0.863. The van der Waals surface area contributed by atoms with E-state index in [0.29, 0.717) is 25.1 Å². The average molecular weight is 337 g/mol. The fourth-order valence-electron chi connectivity index (χ4n) is 1.89. The minimum atomic E-state index is -1.07. The van der Waals surface area contributed by atoms with E-state index in [1.807, 2.05) is 0 Å². The van der Waals surface area contributed by atoms with E-state index in [1.54, 1.807) is 24.3 Å². The highest BCUT2D eigenvalue weighted by Crippen LogP contribution is 2.14. The van der Waals surface area contributed by atoms with Crippen molar-refractivity contribution in [1.29, 1.82) is 5.41 Å². The fourth-order valence-corrected chi connectivity index (χ4v) is 1.89. The molecule has 0 saturated carbocycles. The van der Waals surface area contributed by atoms with Crippen LogP contribution in [0.3, 0.4) is 0 Å². The highest BCUT2D eigenvalue weighted by Gasteiger charge is 2.16. The molecule has 1 aromatic carbocycles. The van der Waals surface area contributed by atoms with Crippen molar-refractivity contribution in [2.75, 3.05) is 6.54 Å². The average Bonchev–Trinajstić information content (AvgIpc) is 2.52. The largest absolute Gasteiger partial charge is 0.480 e. The van der Waals surface area contributed by atoms with Crippen molar-refractivity contribution in [2.45, 2.75) is 31.3 Å². The molecule has 24 heavy (non-hydrogen) atoms. The Balaban J connectivity index is 2.43. The summed E-state index contributed by atoms with van der Waals surface area (Å²) in [6, 6.07) is 4.66. The molecule has 0 bridgehead atoms. The highest BCUT2D eigenvalue weighted by molar-refractivity contribution is 5.78. The molecule has 1 rings (SSSR count). The number of carbonyl (C=O) groups is 2. The van der Waals surface area contributed by atoms with Gasteiger partial charge >= 0.3 is 11.9 Å². The zero-order chi connectivity index (χ0) is 18.1. The molecule has 0 aliphatic rings. The Morgan fingerprint density at radius 3 is 2.38 bits per heavy atom. The van der Waals surface area contributed by atoms with Crippen LogP contribution in [-0.2, 0) is 16.0 Å². The summed E-state index contributed by atoms with van der Waals surface area (Å²) in [5.41, 5.74) is 17.1. The first-order valence-corrected chi connectivity index (χ1v) is 7.42. The van der Waals surface area contributed by atoms with Crippen LogP contribution in [-0.4, -0.2) is 41.6 Å². The molecule has 132 valence electrons. The van der Waals surface area contributed by atoms with Crippen molar-refractivity contribution in [3.63, 3.8) is 0 Å². The molecule has 0 aliphatic heterocycles. The van der Waals surface area contributed by atoms with Crippen LogP contribution < -0.4 is 27.3 Å². The number of carboxylic acid groups (broad SMARTS) is 1. The monoisotopic (exact) mass is 337 g/mol. The third-order valence-electron chi connectivity index (χ3n) is 3.22. The summed E-state index contributed by atoms with van der Waals surface area (Å²) in [6.07, 6.45) is 1.15. The molecule has 0 unspecified atom stereocenters. The molecule has 0 spiro atoms. The second-order valence-corrected chi connectivity index (χ2v) is 5.30. The summed E-state index contributed by atoms with van der Waals surface area (Å²) < 4.78 is 5.16. The Bertz CT molecular complexity index is 576. The molecule has 9 heteroatoms. The van der Waals surface area contributed by atoms with Crippen molar-refractivity contribution < 1.29 is 19.4 Å². The van der Waals surface area contributed by atoms with Gasteiger partial charge in [-0.05, 0) is 37.0 Å². The van der Waals surface area contributed by atoms with Gasteiger partial charge in [0, 0.05) is 6.54 Å². The van der Waals surface area contributed by atoms with Crippen LogP contribution in [0.1, 0.15) is 18.4 Å². The van der Waals surface area contributed by atoms with Gasteiger partial charge < -0.3 is 32.4 Å². The molecule has 9 nitrogen and oxygen atoms in total. The number of hydrogen-bond acceptors (Lipinski definition) is 6. The van der Waals surface area contributed by atoms with E-state index in [0.717, 1.165) is 5.56 Å². The number of nitrogens with one attached hydrogen (secondary N) is 2. The third-order valence-corrected chi connectivity index (χ3v) is 3.22. The van der Waals surface area contributed by atoms with Gasteiger partial charge in [0.05, 0.1) is 0 Å². The number of ether oxygens (including phenoxy) is 1. The number of esters is 1. The quantitative estimate of drug-likeness (QED) is 0.111. The first-order chi connectivity index (χ1) is 11.3. The van der Waals surface area contributed by atoms with Crippen molar-refractivity contribution in [2.24, 2.45) is 17.2 Å². The number of nitrogens with two attached hydrogens (primary N) is 3. The van der Waals surface area contributed by atoms with Gasteiger partial charge in [0.1, 0.15) is 17.8 Å². The van der Waals surface area contributed by atoms with Crippen LogP contribution >= 0.6 is 0 Å². The molecular formula is C15H23N5O4. The maximum Gasteiger partial charge on any atom is 0.328 e. The smallest absolute Gasteiger partial charge is 0.328 e. The van der Waals surface area contributed by atoms with Crippen molar-refractivity contribution in [3.05, 3.63) is 29.8 Å². The van der Waals surface area contributed by atoms with Gasteiger partial charge in [0.15, 0.2) is 5.96 Å². The summed E-state index contributed by atoms with van der Waals surface area (Å²) in [4.78, 5) is 22.6. The summed E-state index contributed by atoms with van der Waals surface area (Å²) in [5.74, 6) is -1.44. The van der Waals surface area contributed by atoms with Gasteiger partial charge in [-0.1, -0.05) is 12.1 Å². The van der Waals surface area contributed by atoms with E-state index in [-0.39, 0.29) is 12.4 Å². The molecule has 0 saturated heterocycles. The number of hydrogen-bond donors (Lipinski definition) is 6. The molecule has 0 fully saturated rings. The SMILES string of the molecule is N=C(N)NCCC[C@H](N)C(=O)Oc1ccc(C[C@H](N)C(=O)O)cc1. The minimum Gasteiger partial charge on any atom is -0.480 e. The first kappa shape index (κ1) is 19.4. The molecule has 0 heterocycles. The second kappa shape index (κ2) is 9.48. The van der Waals surface area contributed by atoms with Crippen LogP contribution in [0.5, 0.6) is 5.75 Å². The van der Waals surface area contributed by atoms with Crippen LogP contribution in [0.4, 0.5) is 0 Å². The van der Waals surface area contributed by atoms with Crippen LogP contribution in [0.2, 0.25) is 0 Å². The topological polar surface area (TPSA) is 178 Å². The number of benzene rings is 1. The number of rotatable bonds is 9. The van der Waals surface area contributed by atoms with Gasteiger partial charge in [0.2, 0.25) is 0 Å². The van der Waals surface area contributed by atoms with E-state index in [1.165, 1.54) is 0 Å². The molecular weight excluding hydrogens is 314 g/mol. The van der Waals surface area contributed by atoms with E-state index in [4.69, 9.17) is 32.5 Å².